The molecule has 0 radical (unpaired) electrons. The highest BCUT2D eigenvalue weighted by molar-refractivity contribution is 5.93. The Morgan fingerprint density at radius 1 is 1.14 bits per heavy atom. The van der Waals surface area contributed by atoms with Crippen molar-refractivity contribution in [1.82, 2.24) is 4.90 Å². The lowest BCUT2D eigenvalue weighted by Crippen LogP contribution is -2.51. The van der Waals surface area contributed by atoms with Gasteiger partial charge in [-0.25, -0.2) is 14.4 Å². The highest BCUT2D eigenvalue weighted by Gasteiger charge is 2.39. The zero-order valence-corrected chi connectivity index (χ0v) is 13.5. The van der Waals surface area contributed by atoms with Crippen LogP contribution in [0.3, 0.4) is 0 Å². The van der Waals surface area contributed by atoms with Crippen LogP contribution in [0.25, 0.3) is 0 Å². The Morgan fingerprint density at radius 3 is 2.00 bits per heavy atom. The smallest absolute Gasteiger partial charge is 0.420 e. The minimum atomic E-state index is -1.32. The largest absolute Gasteiger partial charge is 0.480 e. The highest BCUT2D eigenvalue weighted by atomic mass is 16.6. The summed E-state index contributed by atoms with van der Waals surface area (Å²) in [6.07, 6.45) is -1.92. The molecule has 7 heteroatoms. The fraction of sp³-hybridized carbons (Fsp3) is 0.786. The van der Waals surface area contributed by atoms with Crippen LogP contribution in [0.2, 0.25) is 0 Å². The van der Waals surface area contributed by atoms with Crippen molar-refractivity contribution in [1.29, 1.82) is 0 Å². The van der Waals surface area contributed by atoms with Gasteiger partial charge in [0.15, 0.2) is 0 Å². The molecule has 0 saturated carbocycles. The fourth-order valence-electron chi connectivity index (χ4n) is 1.60. The number of aliphatic carboxylic acids is 1. The number of carboxylic acid groups (broad SMARTS) is 1. The average Bonchev–Trinajstić information content (AvgIpc) is 2.25. The number of carbonyl (C=O) groups is 3. The summed E-state index contributed by atoms with van der Waals surface area (Å²) in [6.45, 7) is 10.1. The van der Waals surface area contributed by atoms with Crippen molar-refractivity contribution < 1.29 is 29.0 Å². The van der Waals surface area contributed by atoms with Crippen LogP contribution in [0.4, 0.5) is 9.59 Å². The van der Waals surface area contributed by atoms with Gasteiger partial charge in [0.2, 0.25) is 0 Å². The average molecular weight is 303 g/mol. The third-order valence-corrected chi connectivity index (χ3v) is 2.35. The van der Waals surface area contributed by atoms with Crippen LogP contribution in [0, 0.1) is 5.92 Å². The van der Waals surface area contributed by atoms with E-state index in [4.69, 9.17) is 9.47 Å². The molecule has 1 atom stereocenters. The molecule has 122 valence electrons. The fourth-order valence-corrected chi connectivity index (χ4v) is 1.60. The van der Waals surface area contributed by atoms with E-state index in [0.717, 1.165) is 0 Å². The maximum atomic E-state index is 12.1. The number of hydrogen-bond donors (Lipinski definition) is 1. The molecule has 1 N–H and O–H groups in total. The van der Waals surface area contributed by atoms with E-state index in [1.165, 1.54) is 0 Å². The number of carboxylic acids is 1. The van der Waals surface area contributed by atoms with E-state index in [2.05, 4.69) is 0 Å². The molecular formula is C14H25NO6. The second-order valence-electron chi connectivity index (χ2n) is 6.03. The SMILES string of the molecule is CCOC(=O)N(C(=O)OC(C)(C)C)[C@@H](CC(C)C)C(=O)O. The molecule has 7 nitrogen and oxygen atoms in total. The van der Waals surface area contributed by atoms with E-state index >= 15 is 0 Å². The van der Waals surface area contributed by atoms with Crippen molar-refractivity contribution in [3.63, 3.8) is 0 Å². The summed E-state index contributed by atoms with van der Waals surface area (Å²) >= 11 is 0. The maximum absolute atomic E-state index is 12.1. The molecule has 0 unspecified atom stereocenters. The molecular weight excluding hydrogens is 278 g/mol. The summed E-state index contributed by atoms with van der Waals surface area (Å²) in [4.78, 5) is 36.0. The molecule has 0 saturated heterocycles. The molecule has 21 heavy (non-hydrogen) atoms. The summed E-state index contributed by atoms with van der Waals surface area (Å²) in [7, 11) is 0. The van der Waals surface area contributed by atoms with Gasteiger partial charge in [-0.15, -0.1) is 0 Å². The van der Waals surface area contributed by atoms with E-state index in [1.54, 1.807) is 41.5 Å². The van der Waals surface area contributed by atoms with E-state index in [0.29, 0.717) is 4.90 Å². The molecule has 0 aliphatic rings. The maximum Gasteiger partial charge on any atom is 0.420 e. The van der Waals surface area contributed by atoms with E-state index < -0.39 is 29.8 Å². The molecule has 0 rings (SSSR count). The lowest BCUT2D eigenvalue weighted by atomic mass is 10.0. The first-order valence-corrected chi connectivity index (χ1v) is 6.91. The number of imide groups is 1. The molecule has 0 aromatic carbocycles. The Labute approximate surface area is 125 Å². The van der Waals surface area contributed by atoms with Gasteiger partial charge < -0.3 is 14.6 Å². The van der Waals surface area contributed by atoms with Crippen molar-refractivity contribution in [2.75, 3.05) is 6.61 Å². The van der Waals surface area contributed by atoms with Crippen molar-refractivity contribution in [2.45, 2.75) is 59.6 Å². The van der Waals surface area contributed by atoms with Gasteiger partial charge >= 0.3 is 18.2 Å². The third-order valence-electron chi connectivity index (χ3n) is 2.35. The van der Waals surface area contributed by atoms with Crippen molar-refractivity contribution in [3.05, 3.63) is 0 Å². The van der Waals surface area contributed by atoms with Crippen LogP contribution >= 0.6 is 0 Å². The number of ether oxygens (including phenoxy) is 2. The van der Waals surface area contributed by atoms with Gasteiger partial charge in [-0.1, -0.05) is 13.8 Å². The summed E-state index contributed by atoms with van der Waals surface area (Å²) in [6, 6.07) is -1.32. The van der Waals surface area contributed by atoms with E-state index in [1.807, 2.05) is 0 Å². The monoisotopic (exact) mass is 303 g/mol. The quantitative estimate of drug-likeness (QED) is 0.839. The molecule has 0 aromatic rings. The minimum absolute atomic E-state index is 0.0227. The second-order valence-corrected chi connectivity index (χ2v) is 6.03. The molecule has 0 spiro atoms. The zero-order chi connectivity index (χ0) is 16.8. The summed E-state index contributed by atoms with van der Waals surface area (Å²) in [5.74, 6) is -1.30. The van der Waals surface area contributed by atoms with Gasteiger partial charge in [0.05, 0.1) is 6.61 Å². The van der Waals surface area contributed by atoms with E-state index in [9.17, 15) is 19.5 Å². The minimum Gasteiger partial charge on any atom is -0.480 e. The highest BCUT2D eigenvalue weighted by Crippen LogP contribution is 2.18. The number of nitrogens with zero attached hydrogens (tertiary/aromatic N) is 1. The Morgan fingerprint density at radius 2 is 1.67 bits per heavy atom. The van der Waals surface area contributed by atoms with Crippen LogP contribution in [0.5, 0.6) is 0 Å². The first-order valence-electron chi connectivity index (χ1n) is 6.91. The van der Waals surface area contributed by atoms with Crippen LogP contribution in [0.15, 0.2) is 0 Å². The van der Waals surface area contributed by atoms with Gasteiger partial charge in [0.25, 0.3) is 0 Å². The zero-order valence-electron chi connectivity index (χ0n) is 13.5. The predicted octanol–water partition coefficient (Wildman–Crippen LogP) is 2.88. The summed E-state index contributed by atoms with van der Waals surface area (Å²) < 4.78 is 9.88. The number of amides is 2. The number of carbonyl (C=O) groups excluding carboxylic acids is 2. The summed E-state index contributed by atoms with van der Waals surface area (Å²) in [5, 5.41) is 9.30. The van der Waals surface area contributed by atoms with E-state index in [-0.39, 0.29) is 18.9 Å². The topological polar surface area (TPSA) is 93.1 Å². The Hall–Kier alpha value is -1.79. The summed E-state index contributed by atoms with van der Waals surface area (Å²) in [5.41, 5.74) is -0.845. The normalized spacial score (nSPS) is 12.7. The molecule has 0 bridgehead atoms. The van der Waals surface area contributed by atoms with Crippen molar-refractivity contribution in [3.8, 4) is 0 Å². The van der Waals surface area contributed by atoms with Crippen molar-refractivity contribution in [2.24, 2.45) is 5.92 Å². The van der Waals surface area contributed by atoms with Crippen LogP contribution in [-0.2, 0) is 14.3 Å². The predicted molar refractivity (Wildman–Crippen MR) is 76.0 cm³/mol. The van der Waals surface area contributed by atoms with Gasteiger partial charge in [-0.3, -0.25) is 0 Å². The molecule has 0 heterocycles. The first kappa shape index (κ1) is 19.2. The Kier molecular flexibility index (Phi) is 7.18. The van der Waals surface area contributed by atoms with Crippen LogP contribution < -0.4 is 0 Å². The first-order chi connectivity index (χ1) is 9.49. The molecule has 0 aliphatic carbocycles. The van der Waals surface area contributed by atoms with Gasteiger partial charge in [-0.05, 0) is 40.0 Å². The Bertz CT molecular complexity index is 385. The van der Waals surface area contributed by atoms with Gasteiger partial charge in [0.1, 0.15) is 11.6 Å². The van der Waals surface area contributed by atoms with Crippen LogP contribution in [0.1, 0.15) is 48.0 Å². The number of hydrogen-bond acceptors (Lipinski definition) is 5. The molecule has 0 fully saturated rings. The molecule has 0 aromatic heterocycles. The lowest BCUT2D eigenvalue weighted by Gasteiger charge is -2.29. The third kappa shape index (κ3) is 6.97. The van der Waals surface area contributed by atoms with Crippen LogP contribution in [-0.4, -0.2) is 46.4 Å². The lowest BCUT2D eigenvalue weighted by molar-refractivity contribution is -0.143. The number of rotatable bonds is 5. The van der Waals surface area contributed by atoms with Gasteiger partial charge in [0, 0.05) is 0 Å². The van der Waals surface area contributed by atoms with Gasteiger partial charge in [-0.2, -0.15) is 4.90 Å². The second kappa shape index (κ2) is 7.85. The standard InChI is InChI=1S/C14H25NO6/c1-7-20-12(18)15(13(19)21-14(4,5)6)10(11(16)17)8-9(2)3/h9-10H,7-8H2,1-6H3,(H,16,17)/t10-/m0/s1. The Balaban J connectivity index is 5.41. The molecule has 2 amide bonds. The van der Waals surface area contributed by atoms with Crippen molar-refractivity contribution >= 4 is 18.2 Å². The molecule has 0 aliphatic heterocycles.